The summed E-state index contributed by atoms with van der Waals surface area (Å²) in [4.78, 5) is 17.0. The predicted molar refractivity (Wildman–Crippen MR) is 145 cm³/mol. The lowest BCUT2D eigenvalue weighted by Gasteiger charge is -2.22. The molecule has 1 saturated carbocycles. The second kappa shape index (κ2) is 9.37. The normalized spacial score (nSPS) is 14.3. The second-order valence-electron chi connectivity index (χ2n) is 9.79. The molecule has 0 amide bonds. The summed E-state index contributed by atoms with van der Waals surface area (Å²) in [7, 11) is 0. The maximum absolute atomic E-state index is 13.9. The number of hydrogen-bond donors (Lipinski definition) is 2. The first-order valence-electron chi connectivity index (χ1n) is 12.9. The van der Waals surface area contributed by atoms with Gasteiger partial charge >= 0.3 is 0 Å². The van der Waals surface area contributed by atoms with Crippen LogP contribution in [0.3, 0.4) is 0 Å². The molecule has 0 saturated heterocycles. The fraction of sp³-hybridized carbons (Fsp3) is 0.200. The highest BCUT2D eigenvalue weighted by Gasteiger charge is 2.17. The van der Waals surface area contributed by atoms with Gasteiger partial charge in [0, 0.05) is 28.7 Å². The average molecular weight is 505 g/mol. The molecule has 0 unspecified atom stereocenters. The van der Waals surface area contributed by atoms with Crippen molar-refractivity contribution in [3.8, 4) is 39.5 Å². The van der Waals surface area contributed by atoms with Crippen LogP contribution in [0.25, 0.3) is 55.7 Å². The molecule has 0 atom stereocenters. The number of rotatable bonds is 5. The Kier molecular flexibility index (Phi) is 5.57. The Morgan fingerprint density at radius 1 is 0.868 bits per heavy atom. The van der Waals surface area contributed by atoms with Crippen LogP contribution in [-0.4, -0.2) is 36.2 Å². The van der Waals surface area contributed by atoms with Gasteiger partial charge < -0.3 is 9.72 Å². The molecule has 6 aromatic rings. The van der Waals surface area contributed by atoms with Crippen molar-refractivity contribution < 1.29 is 9.13 Å². The Hall–Kier alpha value is -4.59. The lowest BCUT2D eigenvalue weighted by molar-refractivity contribution is 0.154. The minimum Gasteiger partial charge on any atom is -0.489 e. The number of benzene rings is 1. The molecule has 188 valence electrons. The highest BCUT2D eigenvalue weighted by Crippen LogP contribution is 2.34. The predicted octanol–water partition coefficient (Wildman–Crippen LogP) is 7.08. The molecule has 1 aromatic carbocycles. The van der Waals surface area contributed by atoms with Crippen molar-refractivity contribution in [2.75, 3.05) is 0 Å². The third-order valence-electron chi connectivity index (χ3n) is 7.23. The van der Waals surface area contributed by atoms with Crippen LogP contribution in [0.1, 0.15) is 32.1 Å². The first kappa shape index (κ1) is 22.6. The number of halogens is 1. The van der Waals surface area contributed by atoms with E-state index in [-0.39, 0.29) is 11.9 Å². The van der Waals surface area contributed by atoms with E-state index in [1.165, 1.54) is 31.4 Å². The van der Waals surface area contributed by atoms with Gasteiger partial charge in [0.15, 0.2) is 0 Å². The van der Waals surface area contributed by atoms with Gasteiger partial charge in [-0.2, -0.15) is 5.10 Å². The molecule has 1 aliphatic rings. The third kappa shape index (κ3) is 4.18. The Morgan fingerprint density at radius 2 is 1.79 bits per heavy atom. The molecule has 1 aliphatic carbocycles. The number of aromatic amines is 2. The molecule has 38 heavy (non-hydrogen) atoms. The van der Waals surface area contributed by atoms with E-state index in [4.69, 9.17) is 4.74 Å². The molecular formula is C30H25FN6O. The van der Waals surface area contributed by atoms with Crippen molar-refractivity contribution >= 4 is 21.9 Å². The van der Waals surface area contributed by atoms with E-state index in [0.29, 0.717) is 5.65 Å². The van der Waals surface area contributed by atoms with Crippen LogP contribution in [0, 0.1) is 5.82 Å². The van der Waals surface area contributed by atoms with E-state index in [1.54, 1.807) is 30.9 Å². The van der Waals surface area contributed by atoms with Gasteiger partial charge in [-0.1, -0.05) is 18.6 Å². The topological polar surface area (TPSA) is 92.4 Å². The molecule has 1 fully saturated rings. The van der Waals surface area contributed by atoms with Crippen molar-refractivity contribution in [3.63, 3.8) is 0 Å². The number of pyridine rings is 3. The summed E-state index contributed by atoms with van der Waals surface area (Å²) in [5, 5.41) is 9.49. The van der Waals surface area contributed by atoms with Crippen LogP contribution < -0.4 is 4.74 Å². The number of ether oxygens (including phenoxy) is 1. The number of nitrogens with zero attached hydrogens (tertiary/aromatic N) is 4. The summed E-state index contributed by atoms with van der Waals surface area (Å²) >= 11 is 0. The summed E-state index contributed by atoms with van der Waals surface area (Å²) in [6.45, 7) is 0. The van der Waals surface area contributed by atoms with Crippen LogP contribution in [0.5, 0.6) is 5.75 Å². The number of H-pyrrole nitrogens is 2. The molecular weight excluding hydrogens is 479 g/mol. The van der Waals surface area contributed by atoms with Crippen molar-refractivity contribution in [1.82, 2.24) is 30.1 Å². The van der Waals surface area contributed by atoms with Crippen LogP contribution in [0.2, 0.25) is 0 Å². The fourth-order valence-electron chi connectivity index (χ4n) is 5.34. The number of fused-ring (bicyclic) bond motifs is 2. The van der Waals surface area contributed by atoms with Gasteiger partial charge in [-0.25, -0.2) is 9.37 Å². The molecule has 7 nitrogen and oxygen atoms in total. The lowest BCUT2D eigenvalue weighted by Crippen LogP contribution is -2.19. The monoisotopic (exact) mass is 504 g/mol. The SMILES string of the molecule is Fc1cccc(-c2ccnc3[nH]c(-c4n[nH]c5cnc(-c6cncc(OC7CCCCC7)c6)cc45)cc23)c1. The fourth-order valence-corrected chi connectivity index (χ4v) is 5.34. The molecule has 0 radical (unpaired) electrons. The van der Waals surface area contributed by atoms with E-state index in [1.807, 2.05) is 30.3 Å². The summed E-state index contributed by atoms with van der Waals surface area (Å²) in [5.74, 6) is 0.500. The van der Waals surface area contributed by atoms with Crippen LogP contribution in [0.4, 0.5) is 4.39 Å². The summed E-state index contributed by atoms with van der Waals surface area (Å²) in [6, 6.07) is 14.5. The van der Waals surface area contributed by atoms with E-state index in [9.17, 15) is 4.39 Å². The highest BCUT2D eigenvalue weighted by molar-refractivity contribution is 6.00. The van der Waals surface area contributed by atoms with Gasteiger partial charge in [0.2, 0.25) is 0 Å². The van der Waals surface area contributed by atoms with Gasteiger partial charge in [0.1, 0.15) is 22.9 Å². The van der Waals surface area contributed by atoms with Gasteiger partial charge in [0.25, 0.3) is 0 Å². The Balaban J connectivity index is 1.26. The largest absolute Gasteiger partial charge is 0.489 e. The maximum atomic E-state index is 13.9. The Bertz CT molecular complexity index is 1770. The molecule has 2 N–H and O–H groups in total. The van der Waals surface area contributed by atoms with Gasteiger partial charge in [-0.3, -0.25) is 15.1 Å². The van der Waals surface area contributed by atoms with Gasteiger partial charge in [-0.15, -0.1) is 0 Å². The van der Waals surface area contributed by atoms with Crippen LogP contribution in [0.15, 0.2) is 73.3 Å². The maximum Gasteiger partial charge on any atom is 0.138 e. The molecule has 5 heterocycles. The summed E-state index contributed by atoms with van der Waals surface area (Å²) < 4.78 is 20.1. The van der Waals surface area contributed by atoms with Crippen molar-refractivity contribution in [3.05, 3.63) is 79.1 Å². The second-order valence-corrected chi connectivity index (χ2v) is 9.79. The average Bonchev–Trinajstić information content (AvgIpc) is 3.57. The zero-order valence-electron chi connectivity index (χ0n) is 20.6. The molecule has 5 aromatic heterocycles. The molecule has 0 spiro atoms. The van der Waals surface area contributed by atoms with Crippen molar-refractivity contribution in [2.24, 2.45) is 0 Å². The van der Waals surface area contributed by atoms with E-state index < -0.39 is 0 Å². The smallest absolute Gasteiger partial charge is 0.138 e. The van der Waals surface area contributed by atoms with Gasteiger partial charge in [-0.05, 0) is 73.2 Å². The number of hydrogen-bond acceptors (Lipinski definition) is 5. The van der Waals surface area contributed by atoms with Crippen molar-refractivity contribution in [1.29, 1.82) is 0 Å². The van der Waals surface area contributed by atoms with E-state index >= 15 is 0 Å². The molecule has 0 aliphatic heterocycles. The molecule has 8 heteroatoms. The van der Waals surface area contributed by atoms with Crippen LogP contribution in [-0.2, 0) is 0 Å². The first-order valence-corrected chi connectivity index (χ1v) is 12.9. The lowest BCUT2D eigenvalue weighted by atomic mass is 9.98. The van der Waals surface area contributed by atoms with Crippen LogP contribution >= 0.6 is 0 Å². The molecule has 7 rings (SSSR count). The minimum absolute atomic E-state index is 0.254. The Morgan fingerprint density at radius 3 is 2.68 bits per heavy atom. The summed E-state index contributed by atoms with van der Waals surface area (Å²) in [5.41, 5.74) is 6.48. The zero-order chi connectivity index (χ0) is 25.5. The van der Waals surface area contributed by atoms with E-state index in [0.717, 1.165) is 68.7 Å². The molecule has 0 bridgehead atoms. The standard InChI is InChI=1S/C30H25FN6O/c31-20-6-4-5-18(11-20)23-9-10-33-30-24(23)13-27(35-30)29-25-14-26(34-17-28(25)36-37-29)19-12-22(16-32-15-19)38-21-7-2-1-3-8-21/h4-6,9-17,21H,1-3,7-8H2,(H,33,35)(H,36,37). The van der Waals surface area contributed by atoms with Gasteiger partial charge in [0.05, 0.1) is 35.4 Å². The minimum atomic E-state index is -0.274. The zero-order valence-corrected chi connectivity index (χ0v) is 20.6. The summed E-state index contributed by atoms with van der Waals surface area (Å²) in [6.07, 6.45) is 13.2. The Labute approximate surface area is 218 Å². The van der Waals surface area contributed by atoms with Crippen molar-refractivity contribution in [2.45, 2.75) is 38.2 Å². The first-order chi connectivity index (χ1) is 18.7. The van der Waals surface area contributed by atoms with E-state index in [2.05, 4.69) is 30.1 Å². The number of aromatic nitrogens is 6. The quantitative estimate of drug-likeness (QED) is 0.262. The third-order valence-corrected chi connectivity index (χ3v) is 7.23. The number of nitrogens with one attached hydrogen (secondary N) is 2. The highest BCUT2D eigenvalue weighted by atomic mass is 19.1.